The highest BCUT2D eigenvalue weighted by Crippen LogP contribution is 2.37. The van der Waals surface area contributed by atoms with Crippen LogP contribution in [0.15, 0.2) is 36.4 Å². The van der Waals surface area contributed by atoms with Crippen molar-refractivity contribution in [2.75, 3.05) is 26.2 Å². The zero-order valence-electron chi connectivity index (χ0n) is 12.6. The Morgan fingerprint density at radius 1 is 1.18 bits per heavy atom. The molecule has 1 aromatic heterocycles. The van der Waals surface area contributed by atoms with Gasteiger partial charge in [-0.2, -0.15) is 0 Å². The van der Waals surface area contributed by atoms with E-state index in [-0.39, 0.29) is 5.82 Å². The van der Waals surface area contributed by atoms with Gasteiger partial charge >= 0.3 is 0 Å². The number of nitrogens with one attached hydrogen (secondary N) is 1. The fraction of sp³-hybridized carbons (Fsp3) is 0.444. The van der Waals surface area contributed by atoms with Crippen LogP contribution in [0.5, 0.6) is 0 Å². The molecule has 22 heavy (non-hydrogen) atoms. The van der Waals surface area contributed by atoms with Crippen LogP contribution in [0.3, 0.4) is 0 Å². The molecule has 2 aliphatic heterocycles. The summed E-state index contributed by atoms with van der Waals surface area (Å²) >= 11 is 1.72. The highest BCUT2D eigenvalue weighted by atomic mass is 32.1. The summed E-state index contributed by atoms with van der Waals surface area (Å²) in [5.74, 6) is -0.131. The minimum Gasteiger partial charge on any atom is -0.316 e. The molecule has 1 spiro atoms. The molecule has 4 heteroatoms. The summed E-state index contributed by atoms with van der Waals surface area (Å²) in [6.45, 7) is 5.74. The smallest absolute Gasteiger partial charge is 0.131 e. The van der Waals surface area contributed by atoms with Crippen molar-refractivity contribution in [2.24, 2.45) is 5.41 Å². The number of nitrogens with zero attached hydrogens (tertiary/aromatic N) is 1. The second-order valence-corrected chi connectivity index (χ2v) is 7.80. The van der Waals surface area contributed by atoms with Gasteiger partial charge in [-0.3, -0.25) is 4.90 Å². The summed E-state index contributed by atoms with van der Waals surface area (Å²) in [6, 6.07) is 11.2. The van der Waals surface area contributed by atoms with Crippen molar-refractivity contribution in [1.82, 2.24) is 10.2 Å². The third kappa shape index (κ3) is 2.71. The first kappa shape index (κ1) is 14.4. The van der Waals surface area contributed by atoms with Gasteiger partial charge in [-0.05, 0) is 49.5 Å². The molecular weight excluding hydrogens is 295 g/mol. The topological polar surface area (TPSA) is 15.3 Å². The lowest BCUT2D eigenvalue weighted by Crippen LogP contribution is -2.28. The fourth-order valence-electron chi connectivity index (χ4n) is 3.80. The molecule has 0 amide bonds. The maximum Gasteiger partial charge on any atom is 0.131 e. The van der Waals surface area contributed by atoms with Crippen molar-refractivity contribution < 1.29 is 4.39 Å². The molecular formula is C18H21FN2S. The molecule has 3 heterocycles. The highest BCUT2D eigenvalue weighted by molar-refractivity contribution is 7.15. The lowest BCUT2D eigenvalue weighted by molar-refractivity contribution is 0.270. The van der Waals surface area contributed by atoms with E-state index in [4.69, 9.17) is 0 Å². The van der Waals surface area contributed by atoms with Crippen LogP contribution in [-0.4, -0.2) is 31.1 Å². The summed E-state index contributed by atoms with van der Waals surface area (Å²) < 4.78 is 13.9. The van der Waals surface area contributed by atoms with Crippen molar-refractivity contribution >= 4 is 11.3 Å². The van der Waals surface area contributed by atoms with Gasteiger partial charge in [0.15, 0.2) is 0 Å². The van der Waals surface area contributed by atoms with Gasteiger partial charge < -0.3 is 5.32 Å². The second-order valence-electron chi connectivity index (χ2n) is 6.63. The SMILES string of the molecule is Fc1ccccc1-c1ccc(CN2CCC3(CCNC3)C2)s1. The number of hydrogen-bond donors (Lipinski definition) is 1. The Morgan fingerprint density at radius 3 is 2.91 bits per heavy atom. The second kappa shape index (κ2) is 5.76. The van der Waals surface area contributed by atoms with Crippen molar-refractivity contribution in [3.8, 4) is 10.4 Å². The first-order valence-corrected chi connectivity index (χ1v) is 8.83. The van der Waals surface area contributed by atoms with Crippen molar-refractivity contribution in [3.05, 3.63) is 47.1 Å². The van der Waals surface area contributed by atoms with Gasteiger partial charge in [-0.15, -0.1) is 11.3 Å². The summed E-state index contributed by atoms with van der Waals surface area (Å²) in [4.78, 5) is 4.93. The molecule has 116 valence electrons. The third-order valence-electron chi connectivity index (χ3n) is 5.03. The molecule has 2 saturated heterocycles. The molecule has 1 atom stereocenters. The first-order chi connectivity index (χ1) is 10.7. The zero-order valence-corrected chi connectivity index (χ0v) is 13.5. The summed E-state index contributed by atoms with van der Waals surface area (Å²) in [6.07, 6.45) is 2.62. The Bertz CT molecular complexity index is 661. The molecule has 2 aromatic rings. The quantitative estimate of drug-likeness (QED) is 0.928. The molecule has 1 unspecified atom stereocenters. The van der Waals surface area contributed by atoms with E-state index in [9.17, 15) is 4.39 Å². The minimum absolute atomic E-state index is 0.131. The number of hydrogen-bond acceptors (Lipinski definition) is 3. The minimum atomic E-state index is -0.131. The average molecular weight is 316 g/mol. The van der Waals surface area contributed by atoms with Crippen LogP contribution >= 0.6 is 11.3 Å². The van der Waals surface area contributed by atoms with Crippen molar-refractivity contribution in [1.29, 1.82) is 0 Å². The van der Waals surface area contributed by atoms with Crippen LogP contribution in [0, 0.1) is 11.2 Å². The molecule has 1 N–H and O–H groups in total. The summed E-state index contributed by atoms with van der Waals surface area (Å²) in [7, 11) is 0. The van der Waals surface area contributed by atoms with Gasteiger partial charge in [0.05, 0.1) is 0 Å². The van der Waals surface area contributed by atoms with Crippen LogP contribution in [0.1, 0.15) is 17.7 Å². The fourth-order valence-corrected chi connectivity index (χ4v) is 4.87. The van der Waals surface area contributed by atoms with Crippen LogP contribution in [0.4, 0.5) is 4.39 Å². The number of halogens is 1. The van der Waals surface area contributed by atoms with Crippen LogP contribution in [-0.2, 0) is 6.54 Å². The largest absolute Gasteiger partial charge is 0.316 e. The monoisotopic (exact) mass is 316 g/mol. The van der Waals surface area contributed by atoms with Crippen LogP contribution in [0.25, 0.3) is 10.4 Å². The number of likely N-dealkylation sites (tertiary alicyclic amines) is 1. The van der Waals surface area contributed by atoms with Crippen molar-refractivity contribution in [3.63, 3.8) is 0 Å². The van der Waals surface area contributed by atoms with Gasteiger partial charge in [0.25, 0.3) is 0 Å². The lowest BCUT2D eigenvalue weighted by atomic mass is 9.87. The van der Waals surface area contributed by atoms with E-state index in [1.807, 2.05) is 12.1 Å². The Kier molecular flexibility index (Phi) is 3.76. The normalized spacial score (nSPS) is 25.3. The molecule has 2 aliphatic rings. The molecule has 0 aliphatic carbocycles. The molecule has 2 nitrogen and oxygen atoms in total. The predicted octanol–water partition coefficient (Wildman–Crippen LogP) is 3.74. The Morgan fingerprint density at radius 2 is 2.09 bits per heavy atom. The van der Waals surface area contributed by atoms with E-state index in [1.165, 1.54) is 50.0 Å². The molecule has 4 rings (SSSR count). The Labute approximate surface area is 135 Å². The van der Waals surface area contributed by atoms with Crippen LogP contribution in [0.2, 0.25) is 0 Å². The van der Waals surface area contributed by atoms with E-state index >= 15 is 0 Å². The lowest BCUT2D eigenvalue weighted by Gasteiger charge is -2.22. The third-order valence-corrected chi connectivity index (χ3v) is 6.13. The van der Waals surface area contributed by atoms with Crippen molar-refractivity contribution in [2.45, 2.75) is 19.4 Å². The standard InChI is InChI=1S/C18H21FN2S/c19-16-4-2-1-3-15(16)17-6-5-14(22-17)11-21-10-8-18(13-21)7-9-20-12-18/h1-6,20H,7-13H2. The van der Waals surface area contributed by atoms with E-state index in [0.29, 0.717) is 5.41 Å². The van der Waals surface area contributed by atoms with E-state index in [1.54, 1.807) is 17.4 Å². The Hall–Kier alpha value is -1.23. The first-order valence-electron chi connectivity index (χ1n) is 8.01. The van der Waals surface area contributed by atoms with Gasteiger partial charge in [0, 0.05) is 35.0 Å². The van der Waals surface area contributed by atoms with E-state index in [2.05, 4.69) is 22.3 Å². The molecule has 1 aromatic carbocycles. The summed E-state index contributed by atoms with van der Waals surface area (Å²) in [5, 5.41) is 3.51. The molecule has 0 saturated carbocycles. The van der Waals surface area contributed by atoms with E-state index < -0.39 is 0 Å². The number of benzene rings is 1. The van der Waals surface area contributed by atoms with E-state index in [0.717, 1.165) is 17.0 Å². The molecule has 2 fully saturated rings. The number of rotatable bonds is 3. The molecule has 0 radical (unpaired) electrons. The van der Waals surface area contributed by atoms with Gasteiger partial charge in [0.1, 0.15) is 5.82 Å². The van der Waals surface area contributed by atoms with Crippen LogP contribution < -0.4 is 5.32 Å². The number of thiophene rings is 1. The van der Waals surface area contributed by atoms with Gasteiger partial charge in [-0.25, -0.2) is 4.39 Å². The maximum absolute atomic E-state index is 13.9. The van der Waals surface area contributed by atoms with Gasteiger partial charge in [0.2, 0.25) is 0 Å². The van der Waals surface area contributed by atoms with Gasteiger partial charge in [-0.1, -0.05) is 18.2 Å². The zero-order chi connectivity index (χ0) is 15.0. The Balaban J connectivity index is 1.46. The predicted molar refractivity (Wildman–Crippen MR) is 89.5 cm³/mol. The average Bonchev–Trinajstić information content (AvgIpc) is 3.24. The maximum atomic E-state index is 13.9. The highest BCUT2D eigenvalue weighted by Gasteiger charge is 2.40. The summed E-state index contributed by atoms with van der Waals surface area (Å²) in [5.41, 5.74) is 1.24. The molecule has 0 bridgehead atoms.